The summed E-state index contributed by atoms with van der Waals surface area (Å²) in [6, 6.07) is 14.8. The molecule has 3 aromatic rings. The van der Waals surface area contributed by atoms with E-state index in [9.17, 15) is 4.79 Å². The molecule has 1 amide bonds. The number of hydrogen-bond donors (Lipinski definition) is 2. The number of rotatable bonds is 4. The number of hydrogen-bond acceptors (Lipinski definition) is 3. The van der Waals surface area contributed by atoms with Gasteiger partial charge in [-0.05, 0) is 79.7 Å². The summed E-state index contributed by atoms with van der Waals surface area (Å²) in [5, 5.41) is 6.69. The van der Waals surface area contributed by atoms with Gasteiger partial charge < -0.3 is 9.73 Å². The van der Waals surface area contributed by atoms with E-state index in [0.717, 1.165) is 16.8 Å². The highest BCUT2D eigenvalue weighted by Crippen LogP contribution is 2.34. The second-order valence-electron chi connectivity index (χ2n) is 6.46. The number of aryl methyl sites for hydroxylation is 2. The van der Waals surface area contributed by atoms with Gasteiger partial charge in [0.05, 0.1) is 10.0 Å². The van der Waals surface area contributed by atoms with E-state index in [4.69, 9.17) is 39.8 Å². The lowest BCUT2D eigenvalue weighted by atomic mass is 10.1. The highest BCUT2D eigenvalue weighted by molar-refractivity contribution is 7.80. The molecular weight excluding hydrogens is 427 g/mol. The lowest BCUT2D eigenvalue weighted by Crippen LogP contribution is -2.32. The van der Waals surface area contributed by atoms with Crippen LogP contribution in [0.5, 0.6) is 0 Å². The molecular formula is C22H18Cl2N2O2S. The van der Waals surface area contributed by atoms with Crippen molar-refractivity contribution in [3.8, 4) is 11.3 Å². The topological polar surface area (TPSA) is 54.3 Å². The van der Waals surface area contributed by atoms with Gasteiger partial charge in [0.2, 0.25) is 5.91 Å². The molecule has 1 aromatic heterocycles. The molecule has 0 saturated carbocycles. The second-order valence-corrected chi connectivity index (χ2v) is 7.65. The first-order chi connectivity index (χ1) is 13.8. The summed E-state index contributed by atoms with van der Waals surface area (Å²) in [5.74, 6) is 0.689. The van der Waals surface area contributed by atoms with Gasteiger partial charge in [0, 0.05) is 17.3 Å². The highest BCUT2D eigenvalue weighted by atomic mass is 35.5. The van der Waals surface area contributed by atoms with Crippen molar-refractivity contribution in [2.75, 3.05) is 5.32 Å². The van der Waals surface area contributed by atoms with Gasteiger partial charge in [-0.1, -0.05) is 35.3 Å². The van der Waals surface area contributed by atoms with E-state index < -0.39 is 0 Å². The van der Waals surface area contributed by atoms with Gasteiger partial charge in [0.15, 0.2) is 5.11 Å². The fourth-order valence-electron chi connectivity index (χ4n) is 2.80. The fourth-order valence-corrected chi connectivity index (χ4v) is 3.41. The maximum Gasteiger partial charge on any atom is 0.250 e. The first-order valence-corrected chi connectivity index (χ1v) is 9.91. The minimum absolute atomic E-state index is 0.218. The molecule has 0 bridgehead atoms. The molecule has 1 heterocycles. The van der Waals surface area contributed by atoms with Crippen molar-refractivity contribution < 1.29 is 9.21 Å². The standard InChI is InChI=1S/C22H18Cl2N2O2S/c1-13-10-14(2)12-15(11-13)25-22(29)26-20(27)9-7-16-6-8-19(28-16)17-4-3-5-18(23)21(17)24/h3-12H,1-2H3,(H2,25,26,27,29)/b9-7+. The van der Waals surface area contributed by atoms with Gasteiger partial charge in [-0.2, -0.15) is 0 Å². The number of thiocarbonyl (C=S) groups is 1. The van der Waals surface area contributed by atoms with E-state index in [1.807, 2.05) is 32.0 Å². The van der Waals surface area contributed by atoms with Crippen molar-refractivity contribution in [3.05, 3.63) is 81.5 Å². The van der Waals surface area contributed by atoms with Crippen molar-refractivity contribution in [1.82, 2.24) is 5.32 Å². The van der Waals surface area contributed by atoms with Gasteiger partial charge in [-0.25, -0.2) is 0 Å². The minimum atomic E-state index is -0.370. The number of furan rings is 1. The minimum Gasteiger partial charge on any atom is -0.457 e. The highest BCUT2D eigenvalue weighted by Gasteiger charge is 2.10. The van der Waals surface area contributed by atoms with Crippen LogP contribution in [0.25, 0.3) is 17.4 Å². The average Bonchev–Trinajstić information content (AvgIpc) is 3.10. The van der Waals surface area contributed by atoms with Crippen LogP contribution in [-0.4, -0.2) is 11.0 Å². The predicted octanol–water partition coefficient (Wildman–Crippen LogP) is 6.40. The molecule has 0 aliphatic rings. The number of amides is 1. The van der Waals surface area contributed by atoms with Gasteiger partial charge in [0.1, 0.15) is 11.5 Å². The van der Waals surface area contributed by atoms with Crippen LogP contribution in [0.4, 0.5) is 5.69 Å². The Morgan fingerprint density at radius 2 is 1.79 bits per heavy atom. The summed E-state index contributed by atoms with van der Waals surface area (Å²) >= 11 is 17.4. The summed E-state index contributed by atoms with van der Waals surface area (Å²) in [4.78, 5) is 12.1. The van der Waals surface area contributed by atoms with Crippen molar-refractivity contribution in [2.24, 2.45) is 0 Å². The molecule has 148 valence electrons. The molecule has 0 spiro atoms. The van der Waals surface area contributed by atoms with Crippen LogP contribution >= 0.6 is 35.4 Å². The van der Waals surface area contributed by atoms with Gasteiger partial charge in [-0.15, -0.1) is 0 Å². The second kappa shape index (κ2) is 9.27. The third-order valence-electron chi connectivity index (χ3n) is 3.96. The molecule has 0 aliphatic carbocycles. The molecule has 0 saturated heterocycles. The average molecular weight is 445 g/mol. The first-order valence-electron chi connectivity index (χ1n) is 8.74. The number of carbonyl (C=O) groups excluding carboxylic acids is 1. The normalized spacial score (nSPS) is 10.9. The van der Waals surface area contributed by atoms with Crippen molar-refractivity contribution in [3.63, 3.8) is 0 Å². The van der Waals surface area contributed by atoms with Crippen LogP contribution in [-0.2, 0) is 4.79 Å². The Kier molecular flexibility index (Phi) is 6.75. The van der Waals surface area contributed by atoms with E-state index in [2.05, 4.69) is 16.7 Å². The maximum atomic E-state index is 12.1. The molecule has 0 fully saturated rings. The third kappa shape index (κ3) is 5.70. The molecule has 2 N–H and O–H groups in total. The van der Waals surface area contributed by atoms with Crippen LogP contribution < -0.4 is 10.6 Å². The van der Waals surface area contributed by atoms with Crippen LogP contribution in [0.15, 0.2) is 59.0 Å². The van der Waals surface area contributed by atoms with Crippen LogP contribution in [0, 0.1) is 13.8 Å². The Labute approximate surface area is 184 Å². The smallest absolute Gasteiger partial charge is 0.250 e. The Bertz CT molecular complexity index is 1090. The molecule has 0 radical (unpaired) electrons. The summed E-state index contributed by atoms with van der Waals surface area (Å²) in [6.07, 6.45) is 2.90. The van der Waals surface area contributed by atoms with Crippen LogP contribution in [0.1, 0.15) is 16.9 Å². The van der Waals surface area contributed by atoms with E-state index >= 15 is 0 Å². The lowest BCUT2D eigenvalue weighted by molar-refractivity contribution is -0.115. The van der Waals surface area contributed by atoms with E-state index in [-0.39, 0.29) is 11.0 Å². The molecule has 7 heteroatoms. The lowest BCUT2D eigenvalue weighted by Gasteiger charge is -2.09. The Hall–Kier alpha value is -2.60. The zero-order valence-electron chi connectivity index (χ0n) is 15.8. The molecule has 0 aliphatic heterocycles. The van der Waals surface area contributed by atoms with Gasteiger partial charge in [-0.3, -0.25) is 10.1 Å². The van der Waals surface area contributed by atoms with Gasteiger partial charge >= 0.3 is 0 Å². The zero-order chi connectivity index (χ0) is 21.0. The fraction of sp³-hybridized carbons (Fsp3) is 0.0909. The van der Waals surface area contributed by atoms with E-state index in [1.54, 1.807) is 30.3 Å². The van der Waals surface area contributed by atoms with Crippen LogP contribution in [0.3, 0.4) is 0 Å². The zero-order valence-corrected chi connectivity index (χ0v) is 18.1. The Balaban J connectivity index is 1.61. The first kappa shape index (κ1) is 21.1. The summed E-state index contributed by atoms with van der Waals surface area (Å²) in [5.41, 5.74) is 3.72. The van der Waals surface area contributed by atoms with Crippen molar-refractivity contribution >= 4 is 58.2 Å². The number of halogens is 2. The molecule has 0 unspecified atom stereocenters. The third-order valence-corrected chi connectivity index (χ3v) is 4.98. The van der Waals surface area contributed by atoms with E-state index in [0.29, 0.717) is 27.1 Å². The largest absolute Gasteiger partial charge is 0.457 e. The quantitative estimate of drug-likeness (QED) is 0.361. The van der Waals surface area contributed by atoms with Gasteiger partial charge in [0.25, 0.3) is 0 Å². The molecule has 2 aromatic carbocycles. The van der Waals surface area contributed by atoms with Crippen molar-refractivity contribution in [1.29, 1.82) is 0 Å². The van der Waals surface area contributed by atoms with E-state index in [1.165, 1.54) is 6.08 Å². The summed E-state index contributed by atoms with van der Waals surface area (Å²) in [6.45, 7) is 3.99. The molecule has 3 rings (SSSR count). The van der Waals surface area contributed by atoms with Crippen molar-refractivity contribution in [2.45, 2.75) is 13.8 Å². The Morgan fingerprint density at radius 3 is 2.52 bits per heavy atom. The maximum absolute atomic E-state index is 12.1. The number of benzene rings is 2. The molecule has 29 heavy (non-hydrogen) atoms. The SMILES string of the molecule is Cc1cc(C)cc(NC(=S)NC(=O)/C=C/c2ccc(-c3cccc(Cl)c3Cl)o2)c1. The molecule has 0 atom stereocenters. The summed E-state index contributed by atoms with van der Waals surface area (Å²) < 4.78 is 5.72. The predicted molar refractivity (Wildman–Crippen MR) is 123 cm³/mol. The monoisotopic (exact) mass is 444 g/mol. The van der Waals surface area contributed by atoms with Crippen LogP contribution in [0.2, 0.25) is 10.0 Å². The number of carbonyl (C=O) groups is 1. The summed E-state index contributed by atoms with van der Waals surface area (Å²) in [7, 11) is 0. The number of nitrogens with one attached hydrogen (secondary N) is 2. The molecule has 4 nitrogen and oxygen atoms in total. The Morgan fingerprint density at radius 1 is 1.07 bits per heavy atom. The number of anilines is 1.